The minimum absolute atomic E-state index is 0.0815. The van der Waals surface area contributed by atoms with Crippen LogP contribution in [-0.4, -0.2) is 18.2 Å². The van der Waals surface area contributed by atoms with Crippen LogP contribution in [0.25, 0.3) is 0 Å². The van der Waals surface area contributed by atoms with Crippen molar-refractivity contribution in [3.63, 3.8) is 0 Å². The van der Waals surface area contributed by atoms with Gasteiger partial charge in [-0.2, -0.15) is 0 Å². The Bertz CT molecular complexity index is 650. The standard InChI is InChI=1S/C20H26N2OS/c1-14(2)15(3)21-13-16-5-9-18(10-6-16)22-20(23)17-7-11-19(24-4)12-8-17/h5-12,14-15,21H,13H2,1-4H3,(H,22,23)/t15-/m0/s1. The number of nitrogens with one attached hydrogen (secondary N) is 2. The fraction of sp³-hybridized carbons (Fsp3) is 0.350. The average molecular weight is 343 g/mol. The van der Waals surface area contributed by atoms with Gasteiger partial charge in [-0.25, -0.2) is 0 Å². The second kappa shape index (κ2) is 8.90. The van der Waals surface area contributed by atoms with Crippen molar-refractivity contribution in [3.8, 4) is 0 Å². The van der Waals surface area contributed by atoms with E-state index in [1.165, 1.54) is 5.56 Å². The molecule has 0 aliphatic carbocycles. The van der Waals surface area contributed by atoms with Crippen LogP contribution in [0.15, 0.2) is 53.4 Å². The summed E-state index contributed by atoms with van der Waals surface area (Å²) in [6, 6.07) is 16.1. The molecule has 4 heteroatoms. The largest absolute Gasteiger partial charge is 0.322 e. The van der Waals surface area contributed by atoms with Crippen molar-refractivity contribution >= 4 is 23.4 Å². The maximum atomic E-state index is 12.3. The number of thioether (sulfide) groups is 1. The van der Waals surface area contributed by atoms with Crippen LogP contribution in [-0.2, 0) is 6.54 Å². The van der Waals surface area contributed by atoms with Crippen molar-refractivity contribution in [2.75, 3.05) is 11.6 Å². The first-order chi connectivity index (χ1) is 11.5. The van der Waals surface area contributed by atoms with Gasteiger partial charge in [0.05, 0.1) is 0 Å². The fourth-order valence-corrected chi connectivity index (χ4v) is 2.57. The molecule has 0 aromatic heterocycles. The molecule has 0 aliphatic heterocycles. The maximum Gasteiger partial charge on any atom is 0.255 e. The monoisotopic (exact) mass is 342 g/mol. The number of rotatable bonds is 7. The summed E-state index contributed by atoms with van der Waals surface area (Å²) in [6.07, 6.45) is 2.02. The molecule has 0 unspecified atom stereocenters. The molecule has 0 heterocycles. The SMILES string of the molecule is CSc1ccc(C(=O)Nc2ccc(CN[C@@H](C)C(C)C)cc2)cc1. The smallest absolute Gasteiger partial charge is 0.255 e. The number of hydrogen-bond donors (Lipinski definition) is 2. The van der Waals surface area contributed by atoms with E-state index in [-0.39, 0.29) is 5.91 Å². The van der Waals surface area contributed by atoms with E-state index in [0.29, 0.717) is 17.5 Å². The van der Waals surface area contributed by atoms with Gasteiger partial charge in [0.2, 0.25) is 0 Å². The lowest BCUT2D eigenvalue weighted by Gasteiger charge is -2.17. The van der Waals surface area contributed by atoms with Gasteiger partial charge < -0.3 is 10.6 Å². The number of carbonyl (C=O) groups excluding carboxylic acids is 1. The molecule has 128 valence electrons. The van der Waals surface area contributed by atoms with E-state index in [0.717, 1.165) is 17.1 Å². The second-order valence-corrected chi connectivity index (χ2v) is 7.17. The fourth-order valence-electron chi connectivity index (χ4n) is 2.17. The minimum atomic E-state index is -0.0815. The van der Waals surface area contributed by atoms with E-state index >= 15 is 0 Å². The Hall–Kier alpha value is -1.78. The number of benzene rings is 2. The van der Waals surface area contributed by atoms with Crippen molar-refractivity contribution in [1.29, 1.82) is 0 Å². The number of carbonyl (C=O) groups is 1. The molecular weight excluding hydrogens is 316 g/mol. The van der Waals surface area contributed by atoms with Gasteiger partial charge >= 0.3 is 0 Å². The Morgan fingerprint density at radius 2 is 1.62 bits per heavy atom. The maximum absolute atomic E-state index is 12.3. The lowest BCUT2D eigenvalue weighted by atomic mass is 10.1. The molecule has 2 N–H and O–H groups in total. The molecule has 1 atom stereocenters. The van der Waals surface area contributed by atoms with Crippen LogP contribution in [0.2, 0.25) is 0 Å². The third-order valence-corrected chi connectivity index (χ3v) is 4.94. The van der Waals surface area contributed by atoms with Crippen LogP contribution >= 0.6 is 11.8 Å². The van der Waals surface area contributed by atoms with Crippen LogP contribution in [0.5, 0.6) is 0 Å². The normalized spacial score (nSPS) is 12.2. The van der Waals surface area contributed by atoms with E-state index in [9.17, 15) is 4.79 Å². The van der Waals surface area contributed by atoms with Crippen LogP contribution in [0, 0.1) is 5.92 Å². The highest BCUT2D eigenvalue weighted by molar-refractivity contribution is 7.98. The van der Waals surface area contributed by atoms with Gasteiger partial charge in [0.1, 0.15) is 0 Å². The van der Waals surface area contributed by atoms with Gasteiger partial charge in [0, 0.05) is 28.7 Å². The first-order valence-electron chi connectivity index (χ1n) is 8.27. The van der Waals surface area contributed by atoms with Gasteiger partial charge in [-0.3, -0.25) is 4.79 Å². The molecule has 0 aliphatic rings. The Morgan fingerprint density at radius 1 is 1.00 bits per heavy atom. The van der Waals surface area contributed by atoms with Gasteiger partial charge in [-0.05, 0) is 61.1 Å². The summed E-state index contributed by atoms with van der Waals surface area (Å²) in [5.74, 6) is 0.531. The highest BCUT2D eigenvalue weighted by atomic mass is 32.2. The summed E-state index contributed by atoms with van der Waals surface area (Å²) >= 11 is 1.67. The lowest BCUT2D eigenvalue weighted by molar-refractivity contribution is 0.102. The van der Waals surface area contributed by atoms with Crippen LogP contribution in [0.4, 0.5) is 5.69 Å². The van der Waals surface area contributed by atoms with Gasteiger partial charge in [-0.1, -0.05) is 26.0 Å². The zero-order chi connectivity index (χ0) is 17.5. The first kappa shape index (κ1) is 18.6. The summed E-state index contributed by atoms with van der Waals surface area (Å²) in [4.78, 5) is 13.4. The quantitative estimate of drug-likeness (QED) is 0.711. The van der Waals surface area contributed by atoms with Crippen LogP contribution in [0.1, 0.15) is 36.7 Å². The summed E-state index contributed by atoms with van der Waals surface area (Å²) in [7, 11) is 0. The zero-order valence-electron chi connectivity index (χ0n) is 14.8. The predicted octanol–water partition coefficient (Wildman–Crippen LogP) is 4.79. The minimum Gasteiger partial charge on any atom is -0.322 e. The second-order valence-electron chi connectivity index (χ2n) is 6.29. The summed E-state index contributed by atoms with van der Waals surface area (Å²) in [5.41, 5.74) is 2.70. The Labute approximate surface area is 149 Å². The lowest BCUT2D eigenvalue weighted by Crippen LogP contribution is -2.30. The summed E-state index contributed by atoms with van der Waals surface area (Å²) in [5, 5.41) is 6.45. The molecule has 2 rings (SSSR count). The van der Waals surface area contributed by atoms with Crippen molar-refractivity contribution in [2.24, 2.45) is 5.92 Å². The van der Waals surface area contributed by atoms with Gasteiger partial charge in [-0.15, -0.1) is 11.8 Å². The molecule has 0 bridgehead atoms. The Balaban J connectivity index is 1.91. The Kier molecular flexibility index (Phi) is 6.88. The highest BCUT2D eigenvalue weighted by Gasteiger charge is 2.07. The van der Waals surface area contributed by atoms with Crippen LogP contribution < -0.4 is 10.6 Å². The van der Waals surface area contributed by atoms with Crippen molar-refractivity contribution in [1.82, 2.24) is 5.32 Å². The average Bonchev–Trinajstić information content (AvgIpc) is 2.60. The topological polar surface area (TPSA) is 41.1 Å². The zero-order valence-corrected chi connectivity index (χ0v) is 15.6. The van der Waals surface area contributed by atoms with Crippen LogP contribution in [0.3, 0.4) is 0 Å². The van der Waals surface area contributed by atoms with E-state index in [4.69, 9.17) is 0 Å². The highest BCUT2D eigenvalue weighted by Crippen LogP contribution is 2.16. The molecule has 0 saturated carbocycles. The van der Waals surface area contributed by atoms with E-state index < -0.39 is 0 Å². The Morgan fingerprint density at radius 3 is 2.17 bits per heavy atom. The number of hydrogen-bond acceptors (Lipinski definition) is 3. The third kappa shape index (κ3) is 5.39. The van der Waals surface area contributed by atoms with E-state index in [1.807, 2.05) is 54.8 Å². The molecule has 0 fully saturated rings. The van der Waals surface area contributed by atoms with Crippen molar-refractivity contribution < 1.29 is 4.79 Å². The molecule has 2 aromatic carbocycles. The van der Waals surface area contributed by atoms with Crippen molar-refractivity contribution in [2.45, 2.75) is 38.3 Å². The van der Waals surface area contributed by atoms with E-state index in [1.54, 1.807) is 11.8 Å². The summed E-state index contributed by atoms with van der Waals surface area (Å²) in [6.45, 7) is 7.45. The molecule has 1 amide bonds. The summed E-state index contributed by atoms with van der Waals surface area (Å²) < 4.78 is 0. The molecule has 24 heavy (non-hydrogen) atoms. The van der Waals surface area contributed by atoms with Gasteiger partial charge in [0.15, 0.2) is 0 Å². The van der Waals surface area contributed by atoms with Gasteiger partial charge in [0.25, 0.3) is 5.91 Å². The van der Waals surface area contributed by atoms with Crippen molar-refractivity contribution in [3.05, 3.63) is 59.7 Å². The number of anilines is 1. The predicted molar refractivity (Wildman–Crippen MR) is 104 cm³/mol. The molecule has 2 aromatic rings. The van der Waals surface area contributed by atoms with E-state index in [2.05, 4.69) is 31.4 Å². The number of amides is 1. The first-order valence-corrected chi connectivity index (χ1v) is 9.50. The molecule has 0 spiro atoms. The third-order valence-electron chi connectivity index (χ3n) is 4.19. The molecule has 0 radical (unpaired) electrons. The molecule has 3 nitrogen and oxygen atoms in total. The molecular formula is C20H26N2OS. The molecule has 0 saturated heterocycles.